The summed E-state index contributed by atoms with van der Waals surface area (Å²) in [4.78, 5) is 1.82. The average molecular weight is 367 g/mol. The highest BCUT2D eigenvalue weighted by Crippen LogP contribution is 2.35. The topological polar surface area (TPSA) is 9.37 Å². The van der Waals surface area contributed by atoms with Gasteiger partial charge >= 0.3 is 0 Å². The number of aromatic nitrogens is 1. The molecule has 1 saturated heterocycles. The number of benzene rings is 2. The minimum atomic E-state index is 0. The van der Waals surface area contributed by atoms with Gasteiger partial charge in [-0.05, 0) is 23.6 Å². The summed E-state index contributed by atoms with van der Waals surface area (Å²) in [5.41, 5.74) is 6.10. The number of rotatable bonds is 2. The first-order chi connectivity index (χ1) is 12.3. The number of para-hydroxylation sites is 1. The van der Waals surface area contributed by atoms with Gasteiger partial charge in [-0.25, -0.2) is 0 Å². The van der Waals surface area contributed by atoms with Crippen molar-refractivity contribution in [3.8, 4) is 0 Å². The number of hydrogen-bond donors (Lipinski definition) is 1. The molecule has 0 spiro atoms. The van der Waals surface area contributed by atoms with Crippen molar-refractivity contribution in [1.82, 2.24) is 4.57 Å². The second kappa shape index (κ2) is 7.09. The molecule has 3 heterocycles. The zero-order valence-corrected chi connectivity index (χ0v) is 16.2. The molecule has 0 bridgehead atoms. The number of nitrogens with one attached hydrogen (secondary N) is 1. The summed E-state index contributed by atoms with van der Waals surface area (Å²) in [5.74, 6) is 0.875. The number of hydrogen-bond acceptors (Lipinski definition) is 0. The summed E-state index contributed by atoms with van der Waals surface area (Å²) in [5, 5.41) is 1.49. The van der Waals surface area contributed by atoms with Crippen LogP contribution in [0.15, 0.2) is 54.6 Å². The lowest BCUT2D eigenvalue weighted by Gasteiger charge is -2.39. The number of quaternary nitrogens is 1. The van der Waals surface area contributed by atoms with Crippen LogP contribution in [0.5, 0.6) is 0 Å². The summed E-state index contributed by atoms with van der Waals surface area (Å²) in [6.45, 7) is 6.08. The summed E-state index contributed by atoms with van der Waals surface area (Å²) in [6, 6.07) is 20.7. The molecule has 1 aromatic heterocycles. The lowest BCUT2D eigenvalue weighted by Crippen LogP contribution is -3.14. The van der Waals surface area contributed by atoms with Crippen molar-refractivity contribution in [3.63, 3.8) is 0 Å². The van der Waals surface area contributed by atoms with Gasteiger partial charge in [0.25, 0.3) is 0 Å². The third-order valence-corrected chi connectivity index (χ3v) is 6.38. The molecular weight excluding hydrogens is 340 g/mol. The van der Waals surface area contributed by atoms with Crippen molar-refractivity contribution in [2.24, 2.45) is 5.92 Å². The monoisotopic (exact) mass is 366 g/mol. The predicted octanol–water partition coefficient (Wildman–Crippen LogP) is 0.606. The lowest BCUT2D eigenvalue weighted by atomic mass is 9.87. The highest BCUT2D eigenvalue weighted by Gasteiger charge is 2.39. The van der Waals surface area contributed by atoms with E-state index in [2.05, 4.69) is 66.1 Å². The molecule has 2 nitrogen and oxygen atoms in total. The fourth-order valence-electron chi connectivity index (χ4n) is 5.23. The van der Waals surface area contributed by atoms with Gasteiger partial charge in [-0.3, -0.25) is 0 Å². The van der Waals surface area contributed by atoms with Crippen molar-refractivity contribution >= 4 is 10.9 Å². The van der Waals surface area contributed by atoms with E-state index in [-0.39, 0.29) is 12.4 Å². The van der Waals surface area contributed by atoms with Crippen LogP contribution < -0.4 is 17.3 Å². The Labute approximate surface area is 162 Å². The van der Waals surface area contributed by atoms with E-state index in [1.807, 2.05) is 4.90 Å². The highest BCUT2D eigenvalue weighted by atomic mass is 35.5. The van der Waals surface area contributed by atoms with Crippen molar-refractivity contribution in [2.75, 3.05) is 13.1 Å². The molecule has 3 atom stereocenters. The molecule has 0 amide bonds. The molecule has 3 heteroatoms. The first kappa shape index (κ1) is 17.6. The van der Waals surface area contributed by atoms with Crippen molar-refractivity contribution < 1.29 is 17.3 Å². The molecule has 136 valence electrons. The molecule has 0 saturated carbocycles. The van der Waals surface area contributed by atoms with Gasteiger partial charge in [0.1, 0.15) is 6.04 Å². The quantitative estimate of drug-likeness (QED) is 0.680. The second-order valence-electron chi connectivity index (χ2n) is 8.05. The van der Waals surface area contributed by atoms with Crippen LogP contribution in [0.2, 0.25) is 0 Å². The van der Waals surface area contributed by atoms with Crippen LogP contribution in [0.4, 0.5) is 0 Å². The summed E-state index contributed by atoms with van der Waals surface area (Å²) in [7, 11) is 0. The van der Waals surface area contributed by atoms with E-state index in [1.165, 1.54) is 48.8 Å². The van der Waals surface area contributed by atoms with Gasteiger partial charge in [0.15, 0.2) is 0 Å². The van der Waals surface area contributed by atoms with Crippen molar-refractivity contribution in [3.05, 3.63) is 71.4 Å². The maximum absolute atomic E-state index is 2.64. The van der Waals surface area contributed by atoms with E-state index >= 15 is 0 Å². The molecule has 1 fully saturated rings. The third-order valence-electron chi connectivity index (χ3n) is 6.38. The maximum atomic E-state index is 2.64. The number of nitrogens with zero attached hydrogens (tertiary/aromatic N) is 1. The van der Waals surface area contributed by atoms with Gasteiger partial charge in [0.2, 0.25) is 0 Å². The first-order valence-electron chi connectivity index (χ1n) is 9.80. The second-order valence-corrected chi connectivity index (χ2v) is 8.05. The van der Waals surface area contributed by atoms with Gasteiger partial charge < -0.3 is 21.9 Å². The molecule has 1 N–H and O–H groups in total. The maximum Gasteiger partial charge on any atom is 0.129 e. The SMILES string of the molecule is CC1CCC2c3c(c4ccccc4n3Cc3ccccc3)CC[NH+]2C1.[Cl-]. The third kappa shape index (κ3) is 2.86. The van der Waals surface area contributed by atoms with E-state index < -0.39 is 0 Å². The minimum Gasteiger partial charge on any atom is -1.00 e. The molecule has 3 unspecified atom stereocenters. The van der Waals surface area contributed by atoms with Gasteiger partial charge in [-0.1, -0.05) is 55.5 Å². The Morgan fingerprint density at radius 2 is 1.77 bits per heavy atom. The van der Waals surface area contributed by atoms with E-state index in [9.17, 15) is 0 Å². The van der Waals surface area contributed by atoms with E-state index in [0.29, 0.717) is 6.04 Å². The normalized spacial score (nSPS) is 24.6. The fourth-order valence-corrected chi connectivity index (χ4v) is 5.23. The summed E-state index contributed by atoms with van der Waals surface area (Å²) >= 11 is 0. The Morgan fingerprint density at radius 1 is 1.00 bits per heavy atom. The molecule has 2 aliphatic rings. The van der Waals surface area contributed by atoms with Gasteiger partial charge in [-0.15, -0.1) is 0 Å². The number of halogens is 1. The highest BCUT2D eigenvalue weighted by molar-refractivity contribution is 5.86. The predicted molar refractivity (Wildman–Crippen MR) is 103 cm³/mol. The van der Waals surface area contributed by atoms with Crippen LogP contribution in [0.1, 0.15) is 42.6 Å². The number of fused-ring (bicyclic) bond motifs is 5. The van der Waals surface area contributed by atoms with E-state index in [1.54, 1.807) is 11.3 Å². The Balaban J connectivity index is 0.00000168. The molecule has 3 aromatic rings. The Hall–Kier alpha value is -1.77. The van der Waals surface area contributed by atoms with E-state index in [4.69, 9.17) is 0 Å². The van der Waals surface area contributed by atoms with Crippen LogP contribution in [-0.4, -0.2) is 17.7 Å². The molecular formula is C23H27ClN2. The Kier molecular flexibility index (Phi) is 4.81. The molecule has 26 heavy (non-hydrogen) atoms. The summed E-state index contributed by atoms with van der Waals surface area (Å²) < 4.78 is 2.64. The van der Waals surface area contributed by atoms with Gasteiger partial charge in [0.05, 0.1) is 18.8 Å². The minimum absolute atomic E-state index is 0. The molecule has 0 aliphatic carbocycles. The molecule has 5 rings (SSSR count). The van der Waals surface area contributed by atoms with Gasteiger partial charge in [-0.2, -0.15) is 0 Å². The standard InChI is InChI=1S/C23H26N2.ClH/c1-17-11-12-22-23-20(13-14-24(22)15-17)19-9-5-6-10-21(19)25(23)16-18-7-3-2-4-8-18;/h2-10,17,22H,11-16H2,1H3;1H. The van der Waals surface area contributed by atoms with Crippen LogP contribution in [0, 0.1) is 5.92 Å². The largest absolute Gasteiger partial charge is 1.00 e. The number of piperidine rings is 1. The fraction of sp³-hybridized carbons (Fsp3) is 0.391. The van der Waals surface area contributed by atoms with E-state index in [0.717, 1.165) is 12.5 Å². The zero-order valence-electron chi connectivity index (χ0n) is 15.4. The van der Waals surface area contributed by atoms with Crippen LogP contribution in [0.25, 0.3) is 10.9 Å². The first-order valence-corrected chi connectivity index (χ1v) is 9.80. The van der Waals surface area contributed by atoms with Crippen LogP contribution in [-0.2, 0) is 13.0 Å². The van der Waals surface area contributed by atoms with Crippen LogP contribution >= 0.6 is 0 Å². The zero-order chi connectivity index (χ0) is 16.8. The Morgan fingerprint density at radius 3 is 2.62 bits per heavy atom. The lowest BCUT2D eigenvalue weighted by molar-refractivity contribution is -0.943. The smallest absolute Gasteiger partial charge is 0.129 e. The van der Waals surface area contributed by atoms with Crippen molar-refractivity contribution in [1.29, 1.82) is 0 Å². The molecule has 2 aliphatic heterocycles. The average Bonchev–Trinajstić information content (AvgIpc) is 2.97. The van der Waals surface area contributed by atoms with Crippen LogP contribution in [0.3, 0.4) is 0 Å². The summed E-state index contributed by atoms with van der Waals surface area (Å²) in [6.07, 6.45) is 3.95. The molecule has 2 aromatic carbocycles. The van der Waals surface area contributed by atoms with Gasteiger partial charge in [0, 0.05) is 36.2 Å². The Bertz CT molecular complexity index is 899. The van der Waals surface area contributed by atoms with Crippen molar-refractivity contribution in [2.45, 2.75) is 38.8 Å². The molecule has 0 radical (unpaired) electrons.